The van der Waals surface area contributed by atoms with Crippen molar-refractivity contribution in [3.05, 3.63) is 91.4 Å². The predicted molar refractivity (Wildman–Crippen MR) is 107 cm³/mol. The third-order valence-corrected chi connectivity index (χ3v) is 5.92. The van der Waals surface area contributed by atoms with Crippen LogP contribution in [0, 0.1) is 5.82 Å². The van der Waals surface area contributed by atoms with Gasteiger partial charge in [-0.25, -0.2) is 9.37 Å². The van der Waals surface area contributed by atoms with Gasteiger partial charge in [-0.2, -0.15) is 0 Å². The van der Waals surface area contributed by atoms with Crippen LogP contribution in [-0.4, -0.2) is 10.9 Å². The van der Waals surface area contributed by atoms with Crippen molar-refractivity contribution in [3.8, 4) is 0 Å². The van der Waals surface area contributed by atoms with E-state index in [-0.39, 0.29) is 22.3 Å². The van der Waals surface area contributed by atoms with Gasteiger partial charge in [0.05, 0.1) is 10.9 Å². The Labute approximate surface area is 170 Å². The molecule has 0 N–H and O–H groups in total. The summed E-state index contributed by atoms with van der Waals surface area (Å²) < 4.78 is 21.2. The summed E-state index contributed by atoms with van der Waals surface area (Å²) in [5.74, 6) is -1.10. The van der Waals surface area contributed by atoms with Crippen molar-refractivity contribution in [2.45, 2.75) is 6.04 Å². The molecule has 1 aliphatic rings. The van der Waals surface area contributed by atoms with Crippen LogP contribution in [0.2, 0.25) is 0 Å². The van der Waals surface area contributed by atoms with Gasteiger partial charge in [-0.15, -0.1) is 11.3 Å². The van der Waals surface area contributed by atoms with Gasteiger partial charge in [0.25, 0.3) is 5.91 Å². The van der Waals surface area contributed by atoms with E-state index >= 15 is 0 Å². The number of thiazole rings is 1. The highest BCUT2D eigenvalue weighted by Gasteiger charge is 2.45. The second-order valence-electron chi connectivity index (χ2n) is 6.23. The molecule has 2 aromatic carbocycles. The molecule has 5 nitrogen and oxygen atoms in total. The molecule has 0 aliphatic carbocycles. The lowest BCUT2D eigenvalue weighted by molar-refractivity contribution is 0.0970. The number of hydrogen-bond donors (Lipinski definition) is 0. The van der Waals surface area contributed by atoms with Crippen LogP contribution in [0.5, 0.6) is 0 Å². The average Bonchev–Trinajstić information content (AvgIpc) is 3.30. The summed E-state index contributed by atoms with van der Waals surface area (Å²) in [7, 11) is 0. The molecule has 0 saturated carbocycles. The van der Waals surface area contributed by atoms with Gasteiger partial charge in [0.15, 0.2) is 10.6 Å². The molecule has 1 amide bonds. The largest absolute Gasteiger partial charge is 0.450 e. The molecule has 1 aliphatic heterocycles. The van der Waals surface area contributed by atoms with Crippen LogP contribution in [0.15, 0.2) is 67.7 Å². The fraction of sp³-hybridized carbons (Fsp3) is 0.0500. The first-order valence-corrected chi connectivity index (χ1v) is 9.97. The van der Waals surface area contributed by atoms with Crippen molar-refractivity contribution >= 4 is 49.3 Å². The standard InChI is InChI=1S/C20H10BrFN2O3S/c21-10-5-6-14-12(9-10)17(25)15-16(11-3-1-2-4-13(11)22)24(19(26)18(15)27-14)20-23-7-8-28-20/h1-9,16H. The SMILES string of the molecule is O=C1c2oc3ccc(Br)cc3c(=O)c2C(c2ccccc2F)N1c1nccs1. The average molecular weight is 457 g/mol. The molecule has 0 fully saturated rings. The summed E-state index contributed by atoms with van der Waals surface area (Å²) in [6.45, 7) is 0. The Kier molecular flexibility index (Phi) is 3.92. The van der Waals surface area contributed by atoms with Crippen molar-refractivity contribution in [1.82, 2.24) is 4.98 Å². The number of amides is 1. The van der Waals surface area contributed by atoms with Crippen LogP contribution >= 0.6 is 27.3 Å². The lowest BCUT2D eigenvalue weighted by atomic mass is 9.98. The Balaban J connectivity index is 1.87. The van der Waals surface area contributed by atoms with Gasteiger partial charge in [-0.3, -0.25) is 14.5 Å². The summed E-state index contributed by atoms with van der Waals surface area (Å²) in [4.78, 5) is 32.0. The maximum Gasteiger partial charge on any atom is 0.297 e. The van der Waals surface area contributed by atoms with E-state index in [2.05, 4.69) is 20.9 Å². The highest BCUT2D eigenvalue weighted by Crippen LogP contribution is 2.42. The molecule has 4 aromatic rings. The van der Waals surface area contributed by atoms with Gasteiger partial charge in [0.1, 0.15) is 17.4 Å². The summed E-state index contributed by atoms with van der Waals surface area (Å²) in [5.41, 5.74) is 0.272. The Bertz CT molecular complexity index is 1300. The lowest BCUT2D eigenvalue weighted by Gasteiger charge is -2.22. The zero-order valence-electron chi connectivity index (χ0n) is 14.1. The highest BCUT2D eigenvalue weighted by atomic mass is 79.9. The maximum atomic E-state index is 14.7. The topological polar surface area (TPSA) is 63.4 Å². The van der Waals surface area contributed by atoms with Crippen molar-refractivity contribution in [1.29, 1.82) is 0 Å². The van der Waals surface area contributed by atoms with E-state index in [0.717, 1.165) is 0 Å². The van der Waals surface area contributed by atoms with Gasteiger partial charge in [-0.05, 0) is 24.3 Å². The van der Waals surface area contributed by atoms with Crippen LogP contribution in [0.25, 0.3) is 11.0 Å². The van der Waals surface area contributed by atoms with Gasteiger partial charge < -0.3 is 4.42 Å². The number of aromatic nitrogens is 1. The maximum absolute atomic E-state index is 14.7. The van der Waals surface area contributed by atoms with Crippen molar-refractivity contribution in [3.63, 3.8) is 0 Å². The summed E-state index contributed by atoms with van der Waals surface area (Å²) in [6.07, 6.45) is 1.55. The van der Waals surface area contributed by atoms with E-state index in [9.17, 15) is 14.0 Å². The molecule has 2 aromatic heterocycles. The third-order valence-electron chi connectivity index (χ3n) is 4.66. The van der Waals surface area contributed by atoms with Crippen LogP contribution < -0.4 is 10.3 Å². The van der Waals surface area contributed by atoms with Crippen molar-refractivity contribution in [2.75, 3.05) is 4.90 Å². The molecular weight excluding hydrogens is 447 g/mol. The Morgan fingerprint density at radius 3 is 2.75 bits per heavy atom. The number of carbonyl (C=O) groups is 1. The second-order valence-corrected chi connectivity index (χ2v) is 8.02. The first-order valence-electron chi connectivity index (χ1n) is 8.30. The summed E-state index contributed by atoms with van der Waals surface area (Å²) >= 11 is 4.58. The zero-order valence-corrected chi connectivity index (χ0v) is 16.5. The third kappa shape index (κ3) is 2.45. The second kappa shape index (κ2) is 6.35. The van der Waals surface area contributed by atoms with Gasteiger partial charge in [0.2, 0.25) is 5.76 Å². The fourth-order valence-corrected chi connectivity index (χ4v) is 4.50. The van der Waals surface area contributed by atoms with E-state index < -0.39 is 17.8 Å². The number of carbonyl (C=O) groups excluding carboxylic acids is 1. The van der Waals surface area contributed by atoms with E-state index in [1.165, 1.54) is 22.3 Å². The van der Waals surface area contributed by atoms with E-state index in [1.807, 2.05) is 0 Å². The molecule has 0 saturated heterocycles. The van der Waals surface area contributed by atoms with Gasteiger partial charge >= 0.3 is 0 Å². The number of fused-ring (bicyclic) bond motifs is 2. The molecule has 28 heavy (non-hydrogen) atoms. The minimum atomic E-state index is -0.950. The molecule has 1 atom stereocenters. The molecular formula is C20H10BrFN2O3S. The van der Waals surface area contributed by atoms with Crippen LogP contribution in [0.4, 0.5) is 9.52 Å². The number of rotatable bonds is 2. The van der Waals surface area contributed by atoms with E-state index in [0.29, 0.717) is 20.6 Å². The van der Waals surface area contributed by atoms with E-state index in [4.69, 9.17) is 4.42 Å². The Morgan fingerprint density at radius 1 is 1.18 bits per heavy atom. The molecule has 0 radical (unpaired) electrons. The number of benzene rings is 2. The summed E-state index contributed by atoms with van der Waals surface area (Å²) in [6, 6.07) is 10.1. The molecule has 8 heteroatoms. The molecule has 0 bridgehead atoms. The molecule has 138 valence electrons. The first-order chi connectivity index (χ1) is 13.6. The van der Waals surface area contributed by atoms with Gasteiger partial charge in [0, 0.05) is 21.6 Å². The van der Waals surface area contributed by atoms with Gasteiger partial charge in [-0.1, -0.05) is 34.1 Å². The highest BCUT2D eigenvalue weighted by molar-refractivity contribution is 9.10. The summed E-state index contributed by atoms with van der Waals surface area (Å²) in [5, 5.41) is 2.41. The van der Waals surface area contributed by atoms with Crippen LogP contribution in [0.1, 0.15) is 27.7 Å². The molecule has 5 rings (SSSR count). The lowest BCUT2D eigenvalue weighted by Crippen LogP contribution is -2.29. The van der Waals surface area contributed by atoms with Crippen LogP contribution in [-0.2, 0) is 0 Å². The monoisotopic (exact) mass is 456 g/mol. The Morgan fingerprint density at radius 2 is 2.00 bits per heavy atom. The quantitative estimate of drug-likeness (QED) is 0.430. The fourth-order valence-electron chi connectivity index (χ4n) is 3.47. The number of nitrogens with zero attached hydrogens (tertiary/aromatic N) is 2. The smallest absolute Gasteiger partial charge is 0.297 e. The normalized spacial score (nSPS) is 16.0. The van der Waals surface area contributed by atoms with Crippen molar-refractivity contribution < 1.29 is 13.6 Å². The number of hydrogen-bond acceptors (Lipinski definition) is 5. The zero-order chi connectivity index (χ0) is 19.4. The molecule has 0 spiro atoms. The molecule has 3 heterocycles. The predicted octanol–water partition coefficient (Wildman–Crippen LogP) is 4.90. The first kappa shape index (κ1) is 17.3. The van der Waals surface area contributed by atoms with Crippen LogP contribution in [0.3, 0.4) is 0 Å². The minimum absolute atomic E-state index is 0.0803. The number of halogens is 2. The minimum Gasteiger partial charge on any atom is -0.450 e. The molecule has 1 unspecified atom stereocenters. The Hall–Kier alpha value is -2.84. The number of anilines is 1. The van der Waals surface area contributed by atoms with Crippen molar-refractivity contribution in [2.24, 2.45) is 0 Å². The van der Waals surface area contributed by atoms with E-state index in [1.54, 1.807) is 48.0 Å².